The summed E-state index contributed by atoms with van der Waals surface area (Å²) < 4.78 is 0. The van der Waals surface area contributed by atoms with E-state index in [-0.39, 0.29) is 23.6 Å². The smallest absolute Gasteiger partial charge is 0.261 e. The second-order valence-corrected chi connectivity index (χ2v) is 5.26. The van der Waals surface area contributed by atoms with Gasteiger partial charge in [0.2, 0.25) is 0 Å². The van der Waals surface area contributed by atoms with Gasteiger partial charge >= 0.3 is 0 Å². The fourth-order valence-electron chi connectivity index (χ4n) is 2.52. The van der Waals surface area contributed by atoms with Crippen molar-refractivity contribution < 1.29 is 9.90 Å². The van der Waals surface area contributed by atoms with Crippen LogP contribution in [0.2, 0.25) is 0 Å². The van der Waals surface area contributed by atoms with Crippen LogP contribution < -0.4 is 5.56 Å². The molecule has 5 nitrogen and oxygen atoms in total. The van der Waals surface area contributed by atoms with Crippen LogP contribution in [-0.4, -0.2) is 40.6 Å². The highest BCUT2D eigenvalue weighted by Crippen LogP contribution is 2.18. The highest BCUT2D eigenvalue weighted by molar-refractivity contribution is 5.93. The van der Waals surface area contributed by atoms with Gasteiger partial charge in [-0.25, -0.2) is 0 Å². The van der Waals surface area contributed by atoms with Crippen molar-refractivity contribution in [2.45, 2.75) is 38.7 Å². The van der Waals surface area contributed by atoms with Gasteiger partial charge in [0, 0.05) is 19.3 Å². The average molecular weight is 264 g/mol. The topological polar surface area (TPSA) is 73.4 Å². The molecule has 1 atom stereocenters. The Balaban J connectivity index is 2.29. The summed E-state index contributed by atoms with van der Waals surface area (Å²) in [5.41, 5.74) is 1.87. The van der Waals surface area contributed by atoms with E-state index >= 15 is 0 Å². The number of hydrogen-bond donors (Lipinski definition) is 2. The molecule has 0 radical (unpaired) electrons. The van der Waals surface area contributed by atoms with Crippen molar-refractivity contribution in [3.63, 3.8) is 0 Å². The zero-order valence-electron chi connectivity index (χ0n) is 11.4. The van der Waals surface area contributed by atoms with Crippen LogP contribution in [0.15, 0.2) is 10.9 Å². The number of carbonyl (C=O) groups excluding carboxylic acids is 1. The molecular weight excluding hydrogens is 244 g/mol. The largest absolute Gasteiger partial charge is 0.392 e. The zero-order chi connectivity index (χ0) is 14.0. The van der Waals surface area contributed by atoms with Gasteiger partial charge in [0.15, 0.2) is 0 Å². The molecule has 2 N–H and O–H groups in total. The number of pyridine rings is 1. The fraction of sp³-hybridized carbons (Fsp3) is 0.571. The normalized spacial score (nSPS) is 15.7. The quantitative estimate of drug-likeness (QED) is 0.844. The lowest BCUT2D eigenvalue weighted by Gasteiger charge is -2.20. The van der Waals surface area contributed by atoms with Crippen LogP contribution in [-0.2, 0) is 12.8 Å². The van der Waals surface area contributed by atoms with Gasteiger partial charge in [0.25, 0.3) is 11.5 Å². The lowest BCUT2D eigenvalue weighted by atomic mass is 9.95. The standard InChI is InChI=1S/C14H20N2O3/c1-9(17)8-16(2)14(19)11-7-10-5-3-4-6-12(10)15-13(11)18/h7,9,17H,3-6,8H2,1-2H3,(H,15,18). The van der Waals surface area contributed by atoms with Gasteiger partial charge in [0.05, 0.1) is 6.10 Å². The van der Waals surface area contributed by atoms with Gasteiger partial charge in [0.1, 0.15) is 5.56 Å². The van der Waals surface area contributed by atoms with Crippen molar-refractivity contribution in [2.24, 2.45) is 0 Å². The van der Waals surface area contributed by atoms with Gasteiger partial charge in [-0.05, 0) is 44.2 Å². The maximum absolute atomic E-state index is 12.2. The molecule has 0 spiro atoms. The molecule has 0 saturated carbocycles. The molecule has 2 rings (SSSR count). The molecular formula is C14H20N2O3. The summed E-state index contributed by atoms with van der Waals surface area (Å²) in [6.07, 6.45) is 3.36. The summed E-state index contributed by atoms with van der Waals surface area (Å²) in [4.78, 5) is 28.3. The maximum Gasteiger partial charge on any atom is 0.261 e. The van der Waals surface area contributed by atoms with Crippen LogP contribution in [0.5, 0.6) is 0 Å². The molecule has 0 aliphatic heterocycles. The molecule has 5 heteroatoms. The Kier molecular flexibility index (Phi) is 4.04. The number of aliphatic hydroxyl groups excluding tert-OH is 1. The second-order valence-electron chi connectivity index (χ2n) is 5.26. The van der Waals surface area contributed by atoms with E-state index in [1.807, 2.05) is 0 Å². The average Bonchev–Trinajstić information content (AvgIpc) is 2.36. The first-order chi connectivity index (χ1) is 8.99. The summed E-state index contributed by atoms with van der Waals surface area (Å²) >= 11 is 0. The Morgan fingerprint density at radius 1 is 1.47 bits per heavy atom. The number of aryl methyl sites for hydroxylation is 2. The van der Waals surface area contributed by atoms with E-state index in [1.54, 1.807) is 20.0 Å². The number of carbonyl (C=O) groups is 1. The number of aliphatic hydroxyl groups is 1. The van der Waals surface area contributed by atoms with Crippen molar-refractivity contribution in [2.75, 3.05) is 13.6 Å². The molecule has 1 amide bonds. The first kappa shape index (κ1) is 13.8. The Morgan fingerprint density at radius 3 is 2.84 bits per heavy atom. The minimum absolute atomic E-state index is 0.170. The van der Waals surface area contributed by atoms with E-state index in [0.717, 1.165) is 36.9 Å². The monoisotopic (exact) mass is 264 g/mol. The molecule has 1 aromatic rings. The summed E-state index contributed by atoms with van der Waals surface area (Å²) in [5.74, 6) is -0.337. The molecule has 104 valence electrons. The fourth-order valence-corrected chi connectivity index (χ4v) is 2.52. The number of hydrogen-bond acceptors (Lipinski definition) is 3. The van der Waals surface area contributed by atoms with Gasteiger partial charge in [-0.15, -0.1) is 0 Å². The number of aromatic nitrogens is 1. The van der Waals surface area contributed by atoms with Gasteiger partial charge < -0.3 is 15.0 Å². The third-order valence-corrected chi connectivity index (χ3v) is 3.45. The SMILES string of the molecule is CC(O)CN(C)C(=O)c1cc2c([nH]c1=O)CCCC2. The highest BCUT2D eigenvalue weighted by atomic mass is 16.3. The van der Waals surface area contributed by atoms with Crippen molar-refractivity contribution >= 4 is 5.91 Å². The summed E-state index contributed by atoms with van der Waals surface area (Å²) in [5, 5.41) is 9.30. The first-order valence-corrected chi connectivity index (χ1v) is 6.67. The molecule has 1 aliphatic carbocycles. The van der Waals surface area contributed by atoms with E-state index < -0.39 is 6.10 Å². The van der Waals surface area contributed by atoms with Crippen LogP contribution in [0.25, 0.3) is 0 Å². The number of amides is 1. The number of H-pyrrole nitrogens is 1. The first-order valence-electron chi connectivity index (χ1n) is 6.67. The number of aromatic amines is 1. The molecule has 0 saturated heterocycles. The Bertz CT molecular complexity index is 534. The van der Waals surface area contributed by atoms with E-state index in [2.05, 4.69) is 4.98 Å². The van der Waals surface area contributed by atoms with Crippen molar-refractivity contribution in [1.29, 1.82) is 0 Å². The molecule has 19 heavy (non-hydrogen) atoms. The molecule has 1 unspecified atom stereocenters. The maximum atomic E-state index is 12.2. The Labute approximate surface area is 112 Å². The number of likely N-dealkylation sites (N-methyl/N-ethyl adjacent to an activating group) is 1. The molecule has 0 aromatic carbocycles. The van der Waals surface area contributed by atoms with E-state index in [4.69, 9.17) is 0 Å². The van der Waals surface area contributed by atoms with E-state index in [1.165, 1.54) is 4.90 Å². The minimum Gasteiger partial charge on any atom is -0.392 e. The molecule has 1 aliphatic rings. The predicted molar refractivity (Wildman–Crippen MR) is 72.3 cm³/mol. The number of nitrogens with zero attached hydrogens (tertiary/aromatic N) is 1. The van der Waals surface area contributed by atoms with Crippen LogP contribution >= 0.6 is 0 Å². The van der Waals surface area contributed by atoms with Gasteiger partial charge in [-0.3, -0.25) is 9.59 Å². The molecule has 1 aromatic heterocycles. The Hall–Kier alpha value is -1.62. The zero-order valence-corrected chi connectivity index (χ0v) is 11.4. The summed E-state index contributed by atoms with van der Waals surface area (Å²) in [6, 6.07) is 1.72. The molecule has 1 heterocycles. The third kappa shape index (κ3) is 3.04. The third-order valence-electron chi connectivity index (χ3n) is 3.45. The van der Waals surface area contributed by atoms with Crippen LogP contribution in [0.1, 0.15) is 41.4 Å². The van der Waals surface area contributed by atoms with E-state index in [0.29, 0.717) is 0 Å². The lowest BCUT2D eigenvalue weighted by molar-refractivity contribution is 0.0702. The minimum atomic E-state index is -0.606. The molecule has 0 fully saturated rings. The number of rotatable bonds is 3. The van der Waals surface area contributed by atoms with Crippen molar-refractivity contribution in [3.8, 4) is 0 Å². The lowest BCUT2D eigenvalue weighted by Crippen LogP contribution is -2.36. The number of fused-ring (bicyclic) bond motifs is 1. The highest BCUT2D eigenvalue weighted by Gasteiger charge is 2.20. The second kappa shape index (κ2) is 5.57. The van der Waals surface area contributed by atoms with Crippen LogP contribution in [0.3, 0.4) is 0 Å². The van der Waals surface area contributed by atoms with Crippen molar-refractivity contribution in [3.05, 3.63) is 33.2 Å². The summed E-state index contributed by atoms with van der Waals surface area (Å²) in [7, 11) is 1.59. The van der Waals surface area contributed by atoms with Gasteiger partial charge in [-0.2, -0.15) is 0 Å². The van der Waals surface area contributed by atoms with Crippen molar-refractivity contribution in [1.82, 2.24) is 9.88 Å². The summed E-state index contributed by atoms with van der Waals surface area (Å²) in [6.45, 7) is 1.83. The van der Waals surface area contributed by atoms with E-state index in [9.17, 15) is 14.7 Å². The molecule has 0 bridgehead atoms. The Morgan fingerprint density at radius 2 is 2.16 bits per heavy atom. The van der Waals surface area contributed by atoms with Crippen LogP contribution in [0, 0.1) is 0 Å². The number of nitrogens with one attached hydrogen (secondary N) is 1. The predicted octanol–water partition coefficient (Wildman–Crippen LogP) is 0.706. The van der Waals surface area contributed by atoms with Gasteiger partial charge in [-0.1, -0.05) is 0 Å². The van der Waals surface area contributed by atoms with Crippen LogP contribution in [0.4, 0.5) is 0 Å².